The lowest BCUT2D eigenvalue weighted by Gasteiger charge is -2.37. The molecule has 1 aromatic carbocycles. The summed E-state index contributed by atoms with van der Waals surface area (Å²) in [6.07, 6.45) is 0. The number of halogens is 2. The van der Waals surface area contributed by atoms with E-state index in [0.29, 0.717) is 0 Å². The summed E-state index contributed by atoms with van der Waals surface area (Å²) in [6.45, 7) is 0.280. The maximum absolute atomic E-state index is 12.6. The summed E-state index contributed by atoms with van der Waals surface area (Å²) in [4.78, 5) is 38.9. The number of carboxylic acids is 1. The number of hydrogen-bond acceptors (Lipinski definition) is 4. The summed E-state index contributed by atoms with van der Waals surface area (Å²) in [5.74, 6) is -2.44. The van der Waals surface area contributed by atoms with Crippen LogP contribution in [0.3, 0.4) is 0 Å². The van der Waals surface area contributed by atoms with Gasteiger partial charge < -0.3 is 19.6 Å². The third kappa shape index (κ3) is 4.09. The molecular weight excluding hydrogens is 350 g/mol. The van der Waals surface area contributed by atoms with E-state index in [4.69, 9.17) is 5.11 Å². The van der Waals surface area contributed by atoms with Gasteiger partial charge in [0.05, 0.1) is 5.56 Å². The van der Waals surface area contributed by atoms with E-state index in [1.165, 1.54) is 41.8 Å². The number of rotatable bonds is 5. The van der Waals surface area contributed by atoms with E-state index in [9.17, 15) is 23.2 Å². The normalized spacial score (nSPS) is 15.1. The molecule has 0 unspecified atom stereocenters. The van der Waals surface area contributed by atoms with Crippen molar-refractivity contribution in [3.63, 3.8) is 0 Å². The Morgan fingerprint density at radius 1 is 1.08 bits per heavy atom. The molecule has 0 atom stereocenters. The fourth-order valence-electron chi connectivity index (χ4n) is 2.61. The number of para-hydroxylation sites is 1. The molecule has 0 aromatic heterocycles. The quantitative estimate of drug-likeness (QED) is 0.797. The lowest BCUT2D eigenvalue weighted by Crippen LogP contribution is -2.54. The number of benzene rings is 1. The lowest BCUT2D eigenvalue weighted by molar-refractivity contribution is -0.159. The zero-order valence-corrected chi connectivity index (χ0v) is 14.4. The van der Waals surface area contributed by atoms with Gasteiger partial charge in [0.2, 0.25) is 5.91 Å². The van der Waals surface area contributed by atoms with E-state index in [0.717, 1.165) is 0 Å². The second-order valence-corrected chi connectivity index (χ2v) is 6.39. The molecular formula is C17H20F2N2O5. The SMILES string of the molecule is CC(C)(C(=O)O)C(=O)N1CCN(C(=O)c2ccccc2OC(F)F)CC1. The highest BCUT2D eigenvalue weighted by atomic mass is 19.3. The highest BCUT2D eigenvalue weighted by molar-refractivity contribution is 6.01. The molecule has 0 spiro atoms. The zero-order valence-electron chi connectivity index (χ0n) is 14.4. The first-order chi connectivity index (χ1) is 12.1. The van der Waals surface area contributed by atoms with Crippen LogP contribution in [0.2, 0.25) is 0 Å². The van der Waals surface area contributed by atoms with E-state index in [1.807, 2.05) is 0 Å². The van der Waals surface area contributed by atoms with Gasteiger partial charge in [-0.25, -0.2) is 0 Å². The standard InChI is InChI=1S/C17H20F2N2O5/c1-17(2,15(24)25)14(23)21-9-7-20(8-10-21)13(22)11-5-3-4-6-12(11)26-16(18)19/h3-6,16H,7-10H2,1-2H3,(H,24,25). The maximum atomic E-state index is 12.6. The molecule has 0 bridgehead atoms. The summed E-state index contributed by atoms with van der Waals surface area (Å²) < 4.78 is 29.3. The topological polar surface area (TPSA) is 87.2 Å². The summed E-state index contributed by atoms with van der Waals surface area (Å²) >= 11 is 0. The van der Waals surface area contributed by atoms with Crippen molar-refractivity contribution in [1.29, 1.82) is 0 Å². The molecule has 2 amide bonds. The smallest absolute Gasteiger partial charge is 0.387 e. The molecule has 1 aliphatic rings. The van der Waals surface area contributed by atoms with Crippen LogP contribution in [-0.4, -0.2) is 65.5 Å². The van der Waals surface area contributed by atoms with Crippen LogP contribution in [0.15, 0.2) is 24.3 Å². The first-order valence-electron chi connectivity index (χ1n) is 8.00. The van der Waals surface area contributed by atoms with Crippen LogP contribution in [0, 0.1) is 5.41 Å². The van der Waals surface area contributed by atoms with Crippen molar-refractivity contribution < 1.29 is 33.0 Å². The third-order valence-electron chi connectivity index (χ3n) is 4.26. The first kappa shape index (κ1) is 19.6. The molecule has 1 heterocycles. The van der Waals surface area contributed by atoms with Gasteiger partial charge in [0, 0.05) is 26.2 Å². The Balaban J connectivity index is 2.06. The molecule has 0 radical (unpaired) electrons. The number of hydrogen-bond donors (Lipinski definition) is 1. The van der Waals surface area contributed by atoms with Crippen LogP contribution in [0.1, 0.15) is 24.2 Å². The number of carboxylic acid groups (broad SMARTS) is 1. The van der Waals surface area contributed by atoms with Gasteiger partial charge in [-0.05, 0) is 26.0 Å². The number of carbonyl (C=O) groups excluding carboxylic acids is 2. The molecule has 0 aliphatic carbocycles. The minimum atomic E-state index is -3.04. The van der Waals surface area contributed by atoms with E-state index in [2.05, 4.69) is 4.74 Å². The van der Waals surface area contributed by atoms with E-state index >= 15 is 0 Å². The van der Waals surface area contributed by atoms with Gasteiger partial charge in [0.1, 0.15) is 11.2 Å². The monoisotopic (exact) mass is 370 g/mol. The van der Waals surface area contributed by atoms with Gasteiger partial charge in [-0.2, -0.15) is 8.78 Å². The van der Waals surface area contributed by atoms with Crippen LogP contribution >= 0.6 is 0 Å². The molecule has 142 valence electrons. The average Bonchev–Trinajstić information content (AvgIpc) is 2.60. The van der Waals surface area contributed by atoms with Gasteiger partial charge >= 0.3 is 12.6 Å². The minimum absolute atomic E-state index is 0.0124. The third-order valence-corrected chi connectivity index (χ3v) is 4.26. The molecule has 7 nitrogen and oxygen atoms in total. The summed E-state index contributed by atoms with van der Waals surface area (Å²) in [5, 5.41) is 9.15. The Morgan fingerprint density at radius 2 is 1.62 bits per heavy atom. The number of nitrogens with zero attached hydrogens (tertiary/aromatic N) is 2. The van der Waals surface area contributed by atoms with Crippen LogP contribution < -0.4 is 4.74 Å². The van der Waals surface area contributed by atoms with Crippen molar-refractivity contribution in [2.24, 2.45) is 5.41 Å². The summed E-state index contributed by atoms with van der Waals surface area (Å²) in [5.41, 5.74) is -1.54. The number of piperazine rings is 1. The van der Waals surface area contributed by atoms with Crippen molar-refractivity contribution in [1.82, 2.24) is 9.80 Å². The molecule has 2 rings (SSSR count). The number of amides is 2. The van der Waals surface area contributed by atoms with E-state index < -0.39 is 29.8 Å². The second kappa shape index (κ2) is 7.67. The van der Waals surface area contributed by atoms with Crippen LogP contribution in [0.25, 0.3) is 0 Å². The molecule has 1 fully saturated rings. The lowest BCUT2D eigenvalue weighted by atomic mass is 9.91. The van der Waals surface area contributed by atoms with Gasteiger partial charge in [0.15, 0.2) is 0 Å². The maximum Gasteiger partial charge on any atom is 0.387 e. The first-order valence-corrected chi connectivity index (χ1v) is 8.00. The minimum Gasteiger partial charge on any atom is -0.480 e. The van der Waals surface area contributed by atoms with Gasteiger partial charge in [-0.1, -0.05) is 12.1 Å². The van der Waals surface area contributed by atoms with Crippen molar-refractivity contribution in [2.45, 2.75) is 20.5 Å². The Hall–Kier alpha value is -2.71. The van der Waals surface area contributed by atoms with Gasteiger partial charge in [0.25, 0.3) is 5.91 Å². The molecule has 0 saturated carbocycles. The number of carbonyl (C=O) groups is 3. The molecule has 1 N–H and O–H groups in total. The van der Waals surface area contributed by atoms with Crippen molar-refractivity contribution in [3.05, 3.63) is 29.8 Å². The molecule has 9 heteroatoms. The van der Waals surface area contributed by atoms with Crippen molar-refractivity contribution >= 4 is 17.8 Å². The molecule has 26 heavy (non-hydrogen) atoms. The number of aliphatic carboxylic acids is 1. The molecule has 1 saturated heterocycles. The second-order valence-electron chi connectivity index (χ2n) is 6.39. The highest BCUT2D eigenvalue weighted by Crippen LogP contribution is 2.24. The molecule has 1 aromatic rings. The van der Waals surface area contributed by atoms with E-state index in [1.54, 1.807) is 6.07 Å². The number of ether oxygens (including phenoxy) is 1. The Morgan fingerprint density at radius 3 is 2.15 bits per heavy atom. The summed E-state index contributed by atoms with van der Waals surface area (Å²) in [6, 6.07) is 5.71. The van der Waals surface area contributed by atoms with Crippen molar-refractivity contribution in [2.75, 3.05) is 26.2 Å². The van der Waals surface area contributed by atoms with E-state index in [-0.39, 0.29) is 37.5 Å². The Labute approximate surface area is 149 Å². The van der Waals surface area contributed by atoms with Crippen LogP contribution in [0.4, 0.5) is 8.78 Å². The fraction of sp³-hybridized carbons (Fsp3) is 0.471. The van der Waals surface area contributed by atoms with Crippen LogP contribution in [-0.2, 0) is 9.59 Å². The predicted octanol–water partition coefficient (Wildman–Crippen LogP) is 1.68. The molecule has 1 aliphatic heterocycles. The fourth-order valence-corrected chi connectivity index (χ4v) is 2.61. The highest BCUT2D eigenvalue weighted by Gasteiger charge is 2.40. The number of alkyl halides is 2. The van der Waals surface area contributed by atoms with Crippen molar-refractivity contribution in [3.8, 4) is 5.75 Å². The van der Waals surface area contributed by atoms with Crippen LogP contribution in [0.5, 0.6) is 5.75 Å². The van der Waals surface area contributed by atoms with Gasteiger partial charge in [-0.3, -0.25) is 14.4 Å². The largest absolute Gasteiger partial charge is 0.480 e. The Kier molecular flexibility index (Phi) is 5.79. The zero-order chi connectivity index (χ0) is 19.5. The van der Waals surface area contributed by atoms with Gasteiger partial charge in [-0.15, -0.1) is 0 Å². The Bertz CT molecular complexity index is 700. The summed E-state index contributed by atoms with van der Waals surface area (Å²) in [7, 11) is 0. The average molecular weight is 370 g/mol. The predicted molar refractivity (Wildman–Crippen MR) is 87.0 cm³/mol.